The summed E-state index contributed by atoms with van der Waals surface area (Å²) in [6.07, 6.45) is 1.69. The first-order chi connectivity index (χ1) is 9.70. The number of ether oxygens (including phenoxy) is 1. The van der Waals surface area contributed by atoms with Crippen LogP contribution in [0.15, 0.2) is 48.8 Å². The highest BCUT2D eigenvalue weighted by Crippen LogP contribution is 2.23. The number of aromatic nitrogens is 2. The average Bonchev–Trinajstić information content (AvgIpc) is 2.90. The van der Waals surface area contributed by atoms with Crippen LogP contribution in [0.3, 0.4) is 0 Å². The number of carbonyl (C=O) groups excluding carboxylic acids is 1. The molecule has 0 unspecified atom stereocenters. The number of benzene rings is 2. The Bertz CT molecular complexity index is 793. The fourth-order valence-corrected chi connectivity index (χ4v) is 2.16. The Morgan fingerprint density at radius 3 is 2.80 bits per heavy atom. The zero-order valence-electron chi connectivity index (χ0n) is 10.9. The molecule has 1 aromatic heterocycles. The van der Waals surface area contributed by atoms with E-state index < -0.39 is 0 Å². The predicted octanol–water partition coefficient (Wildman–Crippen LogP) is 2.39. The third kappa shape index (κ3) is 1.89. The minimum Gasteiger partial charge on any atom is -0.465 e. The van der Waals surface area contributed by atoms with Crippen molar-refractivity contribution in [3.05, 3.63) is 54.4 Å². The summed E-state index contributed by atoms with van der Waals surface area (Å²) in [7, 11) is 1.36. The lowest BCUT2D eigenvalue weighted by Gasteiger charge is -2.07. The van der Waals surface area contributed by atoms with Crippen molar-refractivity contribution in [3.63, 3.8) is 0 Å². The first kappa shape index (κ1) is 12.2. The van der Waals surface area contributed by atoms with Gasteiger partial charge < -0.3 is 10.5 Å². The molecule has 0 bridgehead atoms. The number of carbonyl (C=O) groups is 1. The van der Waals surface area contributed by atoms with Crippen molar-refractivity contribution in [3.8, 4) is 5.69 Å². The number of anilines is 1. The number of nitrogens with zero attached hydrogens (tertiary/aromatic N) is 2. The van der Waals surface area contributed by atoms with E-state index in [0.717, 1.165) is 16.7 Å². The van der Waals surface area contributed by atoms with Crippen LogP contribution in [0.4, 0.5) is 5.69 Å². The second kappa shape index (κ2) is 4.70. The van der Waals surface area contributed by atoms with Crippen molar-refractivity contribution in [2.75, 3.05) is 12.8 Å². The Morgan fingerprint density at radius 2 is 2.05 bits per heavy atom. The molecule has 2 aromatic carbocycles. The monoisotopic (exact) mass is 267 g/mol. The lowest BCUT2D eigenvalue weighted by molar-refractivity contribution is 0.0601. The molecule has 3 rings (SSSR count). The van der Waals surface area contributed by atoms with E-state index >= 15 is 0 Å². The topological polar surface area (TPSA) is 70.1 Å². The number of imidazole rings is 1. The van der Waals surface area contributed by atoms with Gasteiger partial charge >= 0.3 is 5.97 Å². The molecule has 0 spiro atoms. The Kier molecular flexibility index (Phi) is 2.87. The van der Waals surface area contributed by atoms with Crippen LogP contribution in [0.1, 0.15) is 10.4 Å². The number of para-hydroxylation sites is 2. The molecule has 0 amide bonds. The maximum absolute atomic E-state index is 11.5. The van der Waals surface area contributed by atoms with E-state index in [1.165, 1.54) is 7.11 Å². The van der Waals surface area contributed by atoms with Gasteiger partial charge in [-0.15, -0.1) is 0 Å². The van der Waals surface area contributed by atoms with Crippen molar-refractivity contribution in [1.82, 2.24) is 9.55 Å². The summed E-state index contributed by atoms with van der Waals surface area (Å²) >= 11 is 0. The molecule has 3 aromatic rings. The van der Waals surface area contributed by atoms with E-state index in [2.05, 4.69) is 4.98 Å². The van der Waals surface area contributed by atoms with Crippen LogP contribution in [0, 0.1) is 0 Å². The molecular weight excluding hydrogens is 254 g/mol. The number of nitrogens with two attached hydrogens (primary N) is 1. The molecule has 0 fully saturated rings. The Balaban J connectivity index is 2.16. The van der Waals surface area contributed by atoms with Crippen LogP contribution in [-0.2, 0) is 4.74 Å². The van der Waals surface area contributed by atoms with Crippen molar-refractivity contribution in [1.29, 1.82) is 0 Å². The zero-order chi connectivity index (χ0) is 14.1. The van der Waals surface area contributed by atoms with Gasteiger partial charge in [-0.1, -0.05) is 12.1 Å². The van der Waals surface area contributed by atoms with Gasteiger partial charge in [0.25, 0.3) is 0 Å². The predicted molar refractivity (Wildman–Crippen MR) is 76.8 cm³/mol. The van der Waals surface area contributed by atoms with E-state index in [0.29, 0.717) is 11.3 Å². The summed E-state index contributed by atoms with van der Waals surface area (Å²) in [5.41, 5.74) is 9.59. The van der Waals surface area contributed by atoms with Gasteiger partial charge in [0.2, 0.25) is 0 Å². The van der Waals surface area contributed by atoms with E-state index in [1.54, 1.807) is 18.5 Å². The molecule has 0 atom stereocenters. The Morgan fingerprint density at radius 1 is 1.25 bits per heavy atom. The number of hydrogen-bond donors (Lipinski definition) is 1. The third-order valence-electron chi connectivity index (χ3n) is 3.16. The third-order valence-corrected chi connectivity index (χ3v) is 3.16. The van der Waals surface area contributed by atoms with E-state index in [9.17, 15) is 4.79 Å². The first-order valence-electron chi connectivity index (χ1n) is 6.11. The summed E-state index contributed by atoms with van der Waals surface area (Å²) in [6.45, 7) is 0. The molecule has 0 saturated carbocycles. The van der Waals surface area contributed by atoms with Crippen molar-refractivity contribution in [2.45, 2.75) is 0 Å². The smallest absolute Gasteiger partial charge is 0.337 e. The molecule has 0 aliphatic heterocycles. The fourth-order valence-electron chi connectivity index (χ4n) is 2.16. The van der Waals surface area contributed by atoms with Gasteiger partial charge in [0, 0.05) is 0 Å². The van der Waals surface area contributed by atoms with Crippen LogP contribution in [0.5, 0.6) is 0 Å². The van der Waals surface area contributed by atoms with Crippen LogP contribution in [0.2, 0.25) is 0 Å². The molecular formula is C15H13N3O2. The van der Waals surface area contributed by atoms with Gasteiger partial charge in [-0.25, -0.2) is 9.78 Å². The van der Waals surface area contributed by atoms with E-state index in [-0.39, 0.29) is 5.97 Å². The molecule has 5 nitrogen and oxygen atoms in total. The Labute approximate surface area is 115 Å². The molecule has 0 saturated heterocycles. The standard InChI is InChI=1S/C15H13N3O2/c1-20-15(19)10-6-7-14-12(8-10)17-9-18(14)13-5-3-2-4-11(13)16/h2-9H,16H2,1H3. The zero-order valence-corrected chi connectivity index (χ0v) is 10.9. The highest BCUT2D eigenvalue weighted by molar-refractivity contribution is 5.94. The van der Waals surface area contributed by atoms with Crippen molar-refractivity contribution in [2.24, 2.45) is 0 Å². The number of rotatable bonds is 2. The first-order valence-corrected chi connectivity index (χ1v) is 6.11. The van der Waals surface area contributed by atoms with Gasteiger partial charge in [-0.05, 0) is 30.3 Å². The minimum atomic E-state index is -0.374. The van der Waals surface area contributed by atoms with Crippen LogP contribution < -0.4 is 5.73 Å². The van der Waals surface area contributed by atoms with Crippen LogP contribution in [-0.4, -0.2) is 22.6 Å². The van der Waals surface area contributed by atoms with Crippen molar-refractivity contribution < 1.29 is 9.53 Å². The highest BCUT2D eigenvalue weighted by atomic mass is 16.5. The quantitative estimate of drug-likeness (QED) is 0.571. The largest absolute Gasteiger partial charge is 0.465 e. The van der Waals surface area contributed by atoms with Gasteiger partial charge in [0.15, 0.2) is 0 Å². The molecule has 100 valence electrons. The van der Waals surface area contributed by atoms with Gasteiger partial charge in [0.1, 0.15) is 6.33 Å². The summed E-state index contributed by atoms with van der Waals surface area (Å²) < 4.78 is 6.60. The normalized spacial score (nSPS) is 10.7. The molecule has 20 heavy (non-hydrogen) atoms. The van der Waals surface area contributed by atoms with E-state index in [4.69, 9.17) is 10.5 Å². The van der Waals surface area contributed by atoms with E-state index in [1.807, 2.05) is 34.9 Å². The number of esters is 1. The number of fused-ring (bicyclic) bond motifs is 1. The second-order valence-corrected chi connectivity index (χ2v) is 4.37. The van der Waals surface area contributed by atoms with Gasteiger partial charge in [0.05, 0.1) is 35.1 Å². The molecule has 1 heterocycles. The number of methoxy groups -OCH3 is 1. The number of nitrogen functional groups attached to an aromatic ring is 1. The molecule has 0 radical (unpaired) electrons. The Hall–Kier alpha value is -2.82. The van der Waals surface area contributed by atoms with Gasteiger partial charge in [-0.3, -0.25) is 4.57 Å². The fraction of sp³-hybridized carbons (Fsp3) is 0.0667. The lowest BCUT2D eigenvalue weighted by Crippen LogP contribution is -2.01. The molecule has 5 heteroatoms. The second-order valence-electron chi connectivity index (χ2n) is 4.37. The molecule has 0 aliphatic carbocycles. The molecule has 2 N–H and O–H groups in total. The minimum absolute atomic E-state index is 0.374. The number of hydrogen-bond acceptors (Lipinski definition) is 4. The summed E-state index contributed by atoms with van der Waals surface area (Å²) in [5.74, 6) is -0.374. The van der Waals surface area contributed by atoms with Crippen LogP contribution >= 0.6 is 0 Å². The van der Waals surface area contributed by atoms with Gasteiger partial charge in [-0.2, -0.15) is 0 Å². The average molecular weight is 267 g/mol. The SMILES string of the molecule is COC(=O)c1ccc2c(c1)ncn2-c1ccccc1N. The summed E-state index contributed by atoms with van der Waals surface area (Å²) in [5, 5.41) is 0. The van der Waals surface area contributed by atoms with Crippen LogP contribution in [0.25, 0.3) is 16.7 Å². The maximum atomic E-state index is 11.5. The van der Waals surface area contributed by atoms with Crippen molar-refractivity contribution >= 4 is 22.7 Å². The summed E-state index contributed by atoms with van der Waals surface area (Å²) in [4.78, 5) is 15.8. The lowest BCUT2D eigenvalue weighted by atomic mass is 10.2. The molecule has 0 aliphatic rings. The maximum Gasteiger partial charge on any atom is 0.337 e. The highest BCUT2D eigenvalue weighted by Gasteiger charge is 2.11. The summed E-state index contributed by atoms with van der Waals surface area (Å²) in [6, 6.07) is 12.8.